The SMILES string of the molecule is COc1c(C)cc(Cl)cc1CCl. The summed E-state index contributed by atoms with van der Waals surface area (Å²) >= 11 is 11.6. The second-order valence-corrected chi connectivity index (χ2v) is 3.25. The number of ether oxygens (including phenoxy) is 1. The zero-order valence-corrected chi connectivity index (χ0v) is 8.54. The molecule has 12 heavy (non-hydrogen) atoms. The third kappa shape index (κ3) is 1.85. The average Bonchev–Trinajstić information content (AvgIpc) is 2.03. The van der Waals surface area contributed by atoms with Crippen molar-refractivity contribution in [1.29, 1.82) is 0 Å². The fourth-order valence-electron chi connectivity index (χ4n) is 1.19. The van der Waals surface area contributed by atoms with Gasteiger partial charge in [-0.1, -0.05) is 11.6 Å². The third-order valence-corrected chi connectivity index (χ3v) is 2.17. The van der Waals surface area contributed by atoms with E-state index in [1.807, 2.05) is 19.1 Å². The highest BCUT2D eigenvalue weighted by atomic mass is 35.5. The second kappa shape index (κ2) is 4.01. The Bertz CT molecular complexity index is 284. The van der Waals surface area contributed by atoms with Crippen molar-refractivity contribution in [3.63, 3.8) is 0 Å². The molecule has 1 aromatic carbocycles. The van der Waals surface area contributed by atoms with Crippen molar-refractivity contribution in [1.82, 2.24) is 0 Å². The molecule has 0 aliphatic heterocycles. The molecule has 0 spiro atoms. The number of benzene rings is 1. The summed E-state index contributed by atoms with van der Waals surface area (Å²) < 4.78 is 5.18. The molecule has 0 saturated heterocycles. The van der Waals surface area contributed by atoms with Crippen LogP contribution in [-0.4, -0.2) is 7.11 Å². The first kappa shape index (κ1) is 9.69. The van der Waals surface area contributed by atoms with Crippen LogP contribution in [0, 0.1) is 6.92 Å². The Morgan fingerprint density at radius 1 is 1.42 bits per heavy atom. The summed E-state index contributed by atoms with van der Waals surface area (Å²) in [5.41, 5.74) is 1.95. The number of hydrogen-bond donors (Lipinski definition) is 0. The highest BCUT2D eigenvalue weighted by Gasteiger charge is 2.06. The zero-order valence-electron chi connectivity index (χ0n) is 7.03. The van der Waals surface area contributed by atoms with Gasteiger partial charge in [0.1, 0.15) is 5.75 Å². The maximum Gasteiger partial charge on any atom is 0.126 e. The lowest BCUT2D eigenvalue weighted by Crippen LogP contribution is -1.92. The van der Waals surface area contributed by atoms with Crippen molar-refractivity contribution in [3.05, 3.63) is 28.3 Å². The lowest BCUT2D eigenvalue weighted by molar-refractivity contribution is 0.408. The van der Waals surface area contributed by atoms with Crippen LogP contribution in [0.1, 0.15) is 11.1 Å². The fraction of sp³-hybridized carbons (Fsp3) is 0.333. The van der Waals surface area contributed by atoms with Gasteiger partial charge in [-0.2, -0.15) is 0 Å². The van der Waals surface area contributed by atoms with Crippen LogP contribution in [0.3, 0.4) is 0 Å². The molecule has 0 atom stereocenters. The molecule has 0 aromatic heterocycles. The van der Waals surface area contributed by atoms with Gasteiger partial charge in [-0.15, -0.1) is 11.6 Å². The van der Waals surface area contributed by atoms with E-state index in [1.54, 1.807) is 7.11 Å². The summed E-state index contributed by atoms with van der Waals surface area (Å²) in [5.74, 6) is 1.25. The zero-order chi connectivity index (χ0) is 9.14. The van der Waals surface area contributed by atoms with Crippen LogP contribution in [0.15, 0.2) is 12.1 Å². The van der Waals surface area contributed by atoms with Gasteiger partial charge in [0.05, 0.1) is 13.0 Å². The number of hydrogen-bond acceptors (Lipinski definition) is 1. The van der Waals surface area contributed by atoms with E-state index in [0.29, 0.717) is 10.9 Å². The smallest absolute Gasteiger partial charge is 0.126 e. The molecule has 0 bridgehead atoms. The molecule has 0 aliphatic carbocycles. The van der Waals surface area contributed by atoms with E-state index < -0.39 is 0 Å². The molecular weight excluding hydrogens is 195 g/mol. The molecule has 3 heteroatoms. The Morgan fingerprint density at radius 3 is 2.58 bits per heavy atom. The monoisotopic (exact) mass is 204 g/mol. The van der Waals surface area contributed by atoms with E-state index in [-0.39, 0.29) is 0 Å². The van der Waals surface area contributed by atoms with E-state index in [9.17, 15) is 0 Å². The molecular formula is C9H10Cl2O. The molecule has 0 heterocycles. The van der Waals surface area contributed by atoms with Crippen molar-refractivity contribution in [3.8, 4) is 5.75 Å². The summed E-state index contributed by atoms with van der Waals surface area (Å²) in [4.78, 5) is 0. The van der Waals surface area contributed by atoms with Crippen molar-refractivity contribution >= 4 is 23.2 Å². The van der Waals surface area contributed by atoms with Gasteiger partial charge in [-0.3, -0.25) is 0 Å². The van der Waals surface area contributed by atoms with Crippen LogP contribution in [0.5, 0.6) is 5.75 Å². The first-order valence-electron chi connectivity index (χ1n) is 3.58. The minimum Gasteiger partial charge on any atom is -0.496 e. The molecule has 0 saturated carbocycles. The normalized spacial score (nSPS) is 10.0. The highest BCUT2D eigenvalue weighted by molar-refractivity contribution is 6.30. The van der Waals surface area contributed by atoms with Crippen molar-refractivity contribution < 1.29 is 4.74 Å². The molecule has 66 valence electrons. The molecule has 0 amide bonds. The maximum absolute atomic E-state index is 5.84. The van der Waals surface area contributed by atoms with Crippen molar-refractivity contribution in [2.75, 3.05) is 7.11 Å². The number of methoxy groups -OCH3 is 1. The van der Waals surface area contributed by atoms with Gasteiger partial charge < -0.3 is 4.74 Å². The first-order valence-corrected chi connectivity index (χ1v) is 4.49. The summed E-state index contributed by atoms with van der Waals surface area (Å²) in [5, 5.41) is 0.698. The standard InChI is InChI=1S/C9H10Cl2O/c1-6-3-8(11)4-7(5-10)9(6)12-2/h3-4H,5H2,1-2H3. The van der Waals surface area contributed by atoms with Gasteiger partial charge in [0.15, 0.2) is 0 Å². The predicted molar refractivity (Wildman–Crippen MR) is 52.3 cm³/mol. The molecule has 0 aliphatic rings. The van der Waals surface area contributed by atoms with E-state index in [4.69, 9.17) is 27.9 Å². The average molecular weight is 205 g/mol. The van der Waals surface area contributed by atoms with E-state index in [2.05, 4.69) is 0 Å². The van der Waals surface area contributed by atoms with Gasteiger partial charge in [0, 0.05) is 10.6 Å². The minimum absolute atomic E-state index is 0.421. The van der Waals surface area contributed by atoms with Gasteiger partial charge in [-0.05, 0) is 24.6 Å². The van der Waals surface area contributed by atoms with Crippen molar-refractivity contribution in [2.45, 2.75) is 12.8 Å². The van der Waals surface area contributed by atoms with E-state index >= 15 is 0 Å². The Balaban J connectivity index is 3.24. The first-order chi connectivity index (χ1) is 5.69. The molecule has 0 fully saturated rings. The summed E-state index contributed by atoms with van der Waals surface area (Å²) in [6, 6.07) is 3.68. The summed E-state index contributed by atoms with van der Waals surface area (Å²) in [6.45, 7) is 1.95. The quantitative estimate of drug-likeness (QED) is 0.672. The Kier molecular flexibility index (Phi) is 3.24. The summed E-state index contributed by atoms with van der Waals surface area (Å²) in [6.07, 6.45) is 0. The fourth-order valence-corrected chi connectivity index (χ4v) is 1.68. The predicted octanol–water partition coefficient (Wildman–Crippen LogP) is 3.40. The van der Waals surface area contributed by atoms with Crippen LogP contribution in [0.4, 0.5) is 0 Å². The highest BCUT2D eigenvalue weighted by Crippen LogP contribution is 2.28. The van der Waals surface area contributed by atoms with Gasteiger partial charge in [0.25, 0.3) is 0 Å². The molecule has 0 unspecified atom stereocenters. The minimum atomic E-state index is 0.421. The summed E-state index contributed by atoms with van der Waals surface area (Å²) in [7, 11) is 1.63. The Morgan fingerprint density at radius 2 is 2.08 bits per heavy atom. The third-order valence-electron chi connectivity index (χ3n) is 1.66. The number of aryl methyl sites for hydroxylation is 1. The van der Waals surface area contributed by atoms with Crippen LogP contribution < -0.4 is 4.74 Å². The van der Waals surface area contributed by atoms with Crippen LogP contribution in [0.2, 0.25) is 5.02 Å². The maximum atomic E-state index is 5.84. The molecule has 1 rings (SSSR count). The molecule has 0 N–H and O–H groups in total. The number of alkyl halides is 1. The molecule has 1 nitrogen and oxygen atoms in total. The van der Waals surface area contributed by atoms with E-state index in [0.717, 1.165) is 16.9 Å². The Hall–Kier alpha value is -0.400. The lowest BCUT2D eigenvalue weighted by atomic mass is 10.1. The van der Waals surface area contributed by atoms with Crippen LogP contribution >= 0.6 is 23.2 Å². The molecule has 1 aromatic rings. The van der Waals surface area contributed by atoms with Gasteiger partial charge in [0.2, 0.25) is 0 Å². The largest absolute Gasteiger partial charge is 0.496 e. The van der Waals surface area contributed by atoms with Crippen LogP contribution in [-0.2, 0) is 5.88 Å². The van der Waals surface area contributed by atoms with Crippen molar-refractivity contribution in [2.24, 2.45) is 0 Å². The van der Waals surface area contributed by atoms with Gasteiger partial charge in [-0.25, -0.2) is 0 Å². The number of halogens is 2. The molecule has 0 radical (unpaired) electrons. The number of rotatable bonds is 2. The second-order valence-electron chi connectivity index (χ2n) is 2.55. The van der Waals surface area contributed by atoms with Gasteiger partial charge >= 0.3 is 0 Å². The van der Waals surface area contributed by atoms with Crippen LogP contribution in [0.25, 0.3) is 0 Å². The Labute approximate surface area is 82.2 Å². The van der Waals surface area contributed by atoms with E-state index in [1.165, 1.54) is 0 Å². The topological polar surface area (TPSA) is 9.23 Å². The lowest BCUT2D eigenvalue weighted by Gasteiger charge is -2.09.